The molecule has 3 aromatic carbocycles. The maximum atomic E-state index is 16.9. The number of aromatic nitrogens is 1. The minimum absolute atomic E-state index is 0.0396. The van der Waals surface area contributed by atoms with Crippen molar-refractivity contribution in [2.45, 2.75) is 76.9 Å². The number of carbonyl (C=O) groups excluding carboxylic acids is 3. The monoisotopic (exact) mass is 824 g/mol. The molecule has 312 valence electrons. The average Bonchev–Trinajstić information content (AvgIpc) is 3.80. The van der Waals surface area contributed by atoms with Crippen molar-refractivity contribution in [3.63, 3.8) is 0 Å². The number of nitrogens with zero attached hydrogens (tertiary/aromatic N) is 4. The number of halogens is 1. The topological polar surface area (TPSA) is 133 Å². The molecule has 59 heavy (non-hydrogen) atoms. The zero-order chi connectivity index (χ0) is 41.1. The number of piperazine rings is 1. The quantitative estimate of drug-likeness (QED) is 0.195. The predicted molar refractivity (Wildman–Crippen MR) is 228 cm³/mol. The number of ether oxygens (including phenoxy) is 1. The van der Waals surface area contributed by atoms with Crippen LogP contribution in [0.25, 0.3) is 22.2 Å². The summed E-state index contributed by atoms with van der Waals surface area (Å²) in [6.07, 6.45) is 13.0. The van der Waals surface area contributed by atoms with Gasteiger partial charge in [-0.05, 0) is 86.1 Å². The third kappa shape index (κ3) is 8.89. The summed E-state index contributed by atoms with van der Waals surface area (Å²) in [5, 5.41) is 6.96. The Labute approximate surface area is 345 Å². The van der Waals surface area contributed by atoms with Crippen LogP contribution in [0.3, 0.4) is 0 Å². The molecule has 1 aromatic heterocycles. The highest BCUT2D eigenvalue weighted by molar-refractivity contribution is 7.88. The van der Waals surface area contributed by atoms with Gasteiger partial charge in [-0.2, -0.15) is 4.31 Å². The van der Waals surface area contributed by atoms with Gasteiger partial charge in [0, 0.05) is 91.8 Å². The van der Waals surface area contributed by atoms with E-state index in [1.165, 1.54) is 16.6 Å². The van der Waals surface area contributed by atoms with Crippen molar-refractivity contribution >= 4 is 50.0 Å². The van der Waals surface area contributed by atoms with Crippen molar-refractivity contribution in [3.8, 4) is 17.0 Å². The van der Waals surface area contributed by atoms with E-state index in [1.54, 1.807) is 17.0 Å². The Morgan fingerprint density at radius 2 is 1.59 bits per heavy atom. The molecule has 0 spiro atoms. The van der Waals surface area contributed by atoms with Gasteiger partial charge in [0.2, 0.25) is 21.8 Å². The van der Waals surface area contributed by atoms with E-state index in [1.807, 2.05) is 53.1 Å². The molecule has 8 rings (SSSR count). The van der Waals surface area contributed by atoms with E-state index in [4.69, 9.17) is 4.74 Å². The summed E-state index contributed by atoms with van der Waals surface area (Å²) >= 11 is 0. The van der Waals surface area contributed by atoms with E-state index < -0.39 is 15.8 Å². The maximum Gasteiger partial charge on any atom is 0.251 e. The number of hydrogen-bond donors (Lipinski definition) is 2. The van der Waals surface area contributed by atoms with Crippen LogP contribution in [-0.4, -0.2) is 87.1 Å². The molecule has 3 fully saturated rings. The Balaban J connectivity index is 1.14. The van der Waals surface area contributed by atoms with Crippen molar-refractivity contribution in [1.29, 1.82) is 0 Å². The third-order valence-electron chi connectivity index (χ3n) is 12.2. The first-order chi connectivity index (χ1) is 28.5. The fourth-order valence-electron chi connectivity index (χ4n) is 9.16. The lowest BCUT2D eigenvalue weighted by Crippen LogP contribution is -2.48. The van der Waals surface area contributed by atoms with E-state index in [0.717, 1.165) is 71.9 Å². The Hall–Kier alpha value is -5.21. The van der Waals surface area contributed by atoms with Gasteiger partial charge in [-0.25, -0.2) is 12.8 Å². The van der Waals surface area contributed by atoms with Crippen LogP contribution >= 0.6 is 0 Å². The molecule has 3 aliphatic heterocycles. The van der Waals surface area contributed by atoms with E-state index in [2.05, 4.69) is 15.5 Å². The van der Waals surface area contributed by atoms with Gasteiger partial charge in [-0.15, -0.1) is 0 Å². The summed E-state index contributed by atoms with van der Waals surface area (Å²) < 4.78 is 51.0. The van der Waals surface area contributed by atoms with Crippen molar-refractivity contribution in [2.24, 2.45) is 0 Å². The number of hydrogen-bond acceptors (Lipinski definition) is 7. The van der Waals surface area contributed by atoms with Gasteiger partial charge in [0.15, 0.2) is 0 Å². The molecule has 0 atom stereocenters. The molecule has 2 saturated heterocycles. The molecule has 3 amide bonds. The largest absolute Gasteiger partial charge is 0.489 e. The minimum Gasteiger partial charge on any atom is -0.489 e. The highest BCUT2D eigenvalue weighted by Gasteiger charge is 2.30. The summed E-state index contributed by atoms with van der Waals surface area (Å²) in [6.45, 7) is 3.32. The van der Waals surface area contributed by atoms with Gasteiger partial charge in [0.25, 0.3) is 5.91 Å². The predicted octanol–water partition coefficient (Wildman–Crippen LogP) is 6.48. The van der Waals surface area contributed by atoms with E-state index in [9.17, 15) is 22.8 Å². The summed E-state index contributed by atoms with van der Waals surface area (Å²) in [5.74, 6) is -0.344. The highest BCUT2D eigenvalue weighted by Crippen LogP contribution is 2.45. The van der Waals surface area contributed by atoms with Crippen LogP contribution in [0.4, 0.5) is 15.8 Å². The smallest absolute Gasteiger partial charge is 0.251 e. The summed E-state index contributed by atoms with van der Waals surface area (Å²) in [5.41, 5.74) is 5.65. The molecule has 4 heterocycles. The van der Waals surface area contributed by atoms with Gasteiger partial charge in [-0.1, -0.05) is 37.5 Å². The van der Waals surface area contributed by atoms with Crippen molar-refractivity contribution in [3.05, 3.63) is 89.3 Å². The number of amides is 3. The molecule has 14 heteroatoms. The number of benzene rings is 3. The van der Waals surface area contributed by atoms with Crippen molar-refractivity contribution < 1.29 is 31.9 Å². The number of nitrogens with one attached hydrogen (secondary N) is 2. The van der Waals surface area contributed by atoms with Crippen LogP contribution in [0.5, 0.6) is 5.75 Å². The maximum absolute atomic E-state index is 16.9. The second-order valence-electron chi connectivity index (χ2n) is 16.1. The van der Waals surface area contributed by atoms with Crippen LogP contribution in [0.1, 0.15) is 85.2 Å². The van der Waals surface area contributed by atoms with Gasteiger partial charge < -0.3 is 29.7 Å². The summed E-state index contributed by atoms with van der Waals surface area (Å²) in [4.78, 5) is 43.5. The summed E-state index contributed by atoms with van der Waals surface area (Å²) in [7, 11) is -3.31. The highest BCUT2D eigenvalue weighted by atomic mass is 32.2. The van der Waals surface area contributed by atoms with Crippen molar-refractivity contribution in [1.82, 2.24) is 19.5 Å². The van der Waals surface area contributed by atoms with Crippen LogP contribution in [0, 0.1) is 5.82 Å². The van der Waals surface area contributed by atoms with Crippen LogP contribution in [0.2, 0.25) is 0 Å². The number of anilines is 2. The molecule has 0 unspecified atom stereocenters. The summed E-state index contributed by atoms with van der Waals surface area (Å²) in [6, 6.07) is 16.3. The molecule has 12 nitrogen and oxygen atoms in total. The molecular weight excluding hydrogens is 772 g/mol. The first-order valence-corrected chi connectivity index (χ1v) is 22.8. The Morgan fingerprint density at radius 1 is 0.831 bits per heavy atom. The molecule has 4 aromatic rings. The molecule has 2 N–H and O–H groups in total. The Morgan fingerprint density at radius 3 is 2.31 bits per heavy atom. The van der Waals surface area contributed by atoms with E-state index in [-0.39, 0.29) is 36.8 Å². The normalized spacial score (nSPS) is 19.2. The average molecular weight is 825 g/mol. The lowest BCUT2D eigenvalue weighted by molar-refractivity contribution is -0.121. The molecule has 2 bridgehead atoms. The molecule has 1 saturated carbocycles. The number of rotatable bonds is 8. The van der Waals surface area contributed by atoms with Crippen LogP contribution in [-0.2, 0) is 32.8 Å². The van der Waals surface area contributed by atoms with Gasteiger partial charge in [-0.3, -0.25) is 14.4 Å². The Bertz CT molecular complexity index is 2380. The number of carbonyl (C=O) groups is 3. The second-order valence-corrected chi connectivity index (χ2v) is 18.1. The van der Waals surface area contributed by atoms with Gasteiger partial charge >= 0.3 is 0 Å². The molecule has 0 radical (unpaired) electrons. The number of sulfonamides is 1. The second kappa shape index (κ2) is 17.6. The van der Waals surface area contributed by atoms with E-state index in [0.29, 0.717) is 87.6 Å². The molecular formula is C45H53FN6O6S. The third-order valence-corrected chi connectivity index (χ3v) is 13.5. The fraction of sp³-hybridized carbons (Fsp3) is 0.444. The first-order valence-electron chi connectivity index (χ1n) is 21.0. The van der Waals surface area contributed by atoms with Gasteiger partial charge in [0.05, 0.1) is 17.5 Å². The van der Waals surface area contributed by atoms with Crippen LogP contribution < -0.4 is 25.2 Å². The fourth-order valence-corrected chi connectivity index (χ4v) is 9.99. The Kier molecular flexibility index (Phi) is 12.1. The molecule has 4 aliphatic rings. The first kappa shape index (κ1) is 40.6. The zero-order valence-corrected chi connectivity index (χ0v) is 34.5. The SMILES string of the molecule is CS(=O)(=O)N1CCN(c2ccc(N3CCCC3=O)cc2COc2ccc(-c3c(C4CCCCC4)c4ccc5cc4n3CC(=O)NCCC=CCCNC5=O)c(F)c2)CC1. The van der Waals surface area contributed by atoms with Gasteiger partial charge in [0.1, 0.15) is 24.7 Å². The zero-order valence-electron chi connectivity index (χ0n) is 33.7. The molecule has 1 aliphatic carbocycles. The minimum atomic E-state index is -3.31. The lowest BCUT2D eigenvalue weighted by atomic mass is 9.81. The number of fused-ring (bicyclic) bond motifs is 1. The van der Waals surface area contributed by atoms with E-state index >= 15 is 4.39 Å². The standard InChI is InChI=1S/C45H53FN6O6S/c1-59(56,57)50-24-22-49(23-25-50)39-18-14-34(51-21-9-12-42(51)54)26-33(39)30-58-35-15-17-36(38(46)28-35)44-43(31-10-5-4-6-11-31)37-16-13-32-27-40(37)52(44)29-41(53)47-19-7-2-3-8-20-48-45(32)55/h2-3,13-18,26-28,31H,4-12,19-25,29-30H2,1H3,(H,47,53)(H,48,55). The van der Waals surface area contributed by atoms with Crippen molar-refractivity contribution in [2.75, 3.05) is 61.9 Å². The lowest BCUT2D eigenvalue weighted by Gasteiger charge is -2.36. The van der Waals surface area contributed by atoms with Crippen LogP contribution in [0.15, 0.2) is 66.7 Å².